The number of aromatic nitrogens is 2. The fraction of sp³-hybridized carbons (Fsp3) is 0.231. The number of anilines is 1. The van der Waals surface area contributed by atoms with Crippen LogP contribution in [-0.4, -0.2) is 20.9 Å². The van der Waals surface area contributed by atoms with Gasteiger partial charge in [0, 0.05) is 6.04 Å². The summed E-state index contributed by atoms with van der Waals surface area (Å²) in [4.78, 5) is 18.4. The maximum Gasteiger partial charge on any atom is 0.373 e. The molecule has 0 spiro atoms. The standard InChI is InChI=1S/C13H14N4O3/c1-9(2)16-12-11(17(18)19)13(15-8-14-12)20-10-6-4-3-5-7-10/h3-9H,1-2H3,(H,14,15,16). The smallest absolute Gasteiger partial charge is 0.373 e. The molecule has 0 atom stereocenters. The van der Waals surface area contributed by atoms with E-state index in [1.807, 2.05) is 19.9 Å². The molecule has 7 heteroatoms. The Morgan fingerprint density at radius 1 is 1.25 bits per heavy atom. The van der Waals surface area contributed by atoms with Gasteiger partial charge in [0.1, 0.15) is 12.1 Å². The van der Waals surface area contributed by atoms with Crippen molar-refractivity contribution in [1.29, 1.82) is 0 Å². The van der Waals surface area contributed by atoms with Gasteiger partial charge in [0.15, 0.2) is 0 Å². The first kappa shape index (κ1) is 13.7. The number of nitrogens with zero attached hydrogens (tertiary/aromatic N) is 3. The van der Waals surface area contributed by atoms with Crippen LogP contribution < -0.4 is 10.1 Å². The van der Waals surface area contributed by atoms with Gasteiger partial charge in [0.2, 0.25) is 5.82 Å². The molecule has 1 aromatic heterocycles. The summed E-state index contributed by atoms with van der Waals surface area (Å²) < 4.78 is 5.46. The molecule has 104 valence electrons. The molecule has 2 rings (SSSR count). The monoisotopic (exact) mass is 274 g/mol. The number of hydrogen-bond donors (Lipinski definition) is 1. The molecule has 0 aliphatic heterocycles. The van der Waals surface area contributed by atoms with Crippen molar-refractivity contribution in [2.24, 2.45) is 0 Å². The summed E-state index contributed by atoms with van der Waals surface area (Å²) in [6.07, 6.45) is 1.23. The Morgan fingerprint density at radius 2 is 1.95 bits per heavy atom. The number of para-hydroxylation sites is 1. The summed E-state index contributed by atoms with van der Waals surface area (Å²) in [5.74, 6) is 0.537. The molecule has 0 saturated heterocycles. The molecule has 2 aromatic rings. The van der Waals surface area contributed by atoms with Crippen LogP contribution in [0.5, 0.6) is 11.6 Å². The number of rotatable bonds is 5. The lowest BCUT2D eigenvalue weighted by Crippen LogP contribution is -2.13. The average Bonchev–Trinajstić information content (AvgIpc) is 2.39. The van der Waals surface area contributed by atoms with E-state index in [4.69, 9.17) is 4.74 Å². The lowest BCUT2D eigenvalue weighted by atomic mass is 10.3. The highest BCUT2D eigenvalue weighted by Crippen LogP contribution is 2.33. The highest BCUT2D eigenvalue weighted by Gasteiger charge is 2.25. The molecule has 1 N–H and O–H groups in total. The summed E-state index contributed by atoms with van der Waals surface area (Å²) in [6, 6.07) is 8.77. The highest BCUT2D eigenvalue weighted by molar-refractivity contribution is 5.62. The Morgan fingerprint density at radius 3 is 2.55 bits per heavy atom. The fourth-order valence-electron chi connectivity index (χ4n) is 1.58. The molecule has 0 saturated carbocycles. The first-order chi connectivity index (χ1) is 9.58. The predicted octanol–water partition coefficient (Wildman–Crippen LogP) is 3.00. The molecule has 0 amide bonds. The van der Waals surface area contributed by atoms with Gasteiger partial charge in [-0.1, -0.05) is 18.2 Å². The van der Waals surface area contributed by atoms with Crippen LogP contribution in [0, 0.1) is 10.1 Å². The topological polar surface area (TPSA) is 90.2 Å². The molecule has 7 nitrogen and oxygen atoms in total. The van der Waals surface area contributed by atoms with Gasteiger partial charge in [0.25, 0.3) is 0 Å². The molecule has 0 bridgehead atoms. The number of hydrogen-bond acceptors (Lipinski definition) is 6. The molecule has 1 aromatic carbocycles. The number of benzene rings is 1. The van der Waals surface area contributed by atoms with Crippen molar-refractivity contribution in [1.82, 2.24) is 9.97 Å². The van der Waals surface area contributed by atoms with Crippen molar-refractivity contribution < 1.29 is 9.66 Å². The zero-order chi connectivity index (χ0) is 14.5. The van der Waals surface area contributed by atoms with E-state index < -0.39 is 4.92 Å². The third-order valence-corrected chi connectivity index (χ3v) is 2.35. The second-order valence-corrected chi connectivity index (χ2v) is 4.35. The van der Waals surface area contributed by atoms with Gasteiger partial charge in [-0.25, -0.2) is 4.98 Å². The molecule has 0 radical (unpaired) electrons. The normalized spacial score (nSPS) is 10.3. The molecule has 0 fully saturated rings. The van der Waals surface area contributed by atoms with Crippen LogP contribution in [0.15, 0.2) is 36.7 Å². The Labute approximate surface area is 115 Å². The quantitative estimate of drug-likeness (QED) is 0.665. The summed E-state index contributed by atoms with van der Waals surface area (Å²) in [5, 5.41) is 14.1. The summed E-state index contributed by atoms with van der Waals surface area (Å²) in [5.41, 5.74) is -0.273. The van der Waals surface area contributed by atoms with E-state index >= 15 is 0 Å². The molecule has 1 heterocycles. The van der Waals surface area contributed by atoms with E-state index in [-0.39, 0.29) is 23.4 Å². The van der Waals surface area contributed by atoms with Gasteiger partial charge < -0.3 is 10.1 Å². The molecular weight excluding hydrogens is 260 g/mol. The Kier molecular flexibility index (Phi) is 4.09. The zero-order valence-corrected chi connectivity index (χ0v) is 11.1. The van der Waals surface area contributed by atoms with Crippen molar-refractivity contribution >= 4 is 11.5 Å². The van der Waals surface area contributed by atoms with E-state index in [9.17, 15) is 10.1 Å². The molecule has 0 unspecified atom stereocenters. The molecule has 0 aliphatic rings. The number of nitro groups is 1. The van der Waals surface area contributed by atoms with E-state index in [0.717, 1.165) is 0 Å². The zero-order valence-electron chi connectivity index (χ0n) is 11.1. The van der Waals surface area contributed by atoms with Gasteiger partial charge in [-0.2, -0.15) is 4.98 Å². The third kappa shape index (κ3) is 3.19. The van der Waals surface area contributed by atoms with Crippen LogP contribution in [0.25, 0.3) is 0 Å². The van der Waals surface area contributed by atoms with Crippen LogP contribution in [0.2, 0.25) is 0 Å². The largest absolute Gasteiger partial charge is 0.434 e. The Hall–Kier alpha value is -2.70. The summed E-state index contributed by atoms with van der Waals surface area (Å²) in [7, 11) is 0. The second kappa shape index (κ2) is 5.96. The van der Waals surface area contributed by atoms with Gasteiger partial charge >= 0.3 is 11.6 Å². The maximum atomic E-state index is 11.2. The van der Waals surface area contributed by atoms with Gasteiger partial charge in [0.05, 0.1) is 4.92 Å². The lowest BCUT2D eigenvalue weighted by Gasteiger charge is -2.11. The van der Waals surface area contributed by atoms with E-state index in [2.05, 4.69) is 15.3 Å². The van der Waals surface area contributed by atoms with E-state index in [1.54, 1.807) is 24.3 Å². The average molecular weight is 274 g/mol. The number of ether oxygens (including phenoxy) is 1. The van der Waals surface area contributed by atoms with Gasteiger partial charge in [-0.05, 0) is 26.0 Å². The minimum Gasteiger partial charge on any atom is -0.434 e. The molecule has 0 aliphatic carbocycles. The van der Waals surface area contributed by atoms with Crippen LogP contribution >= 0.6 is 0 Å². The van der Waals surface area contributed by atoms with E-state index in [0.29, 0.717) is 5.75 Å². The highest BCUT2D eigenvalue weighted by atomic mass is 16.6. The first-order valence-electron chi connectivity index (χ1n) is 6.06. The minimum atomic E-state index is -0.553. The Bertz CT molecular complexity index is 602. The van der Waals surface area contributed by atoms with Crippen molar-refractivity contribution in [2.75, 3.05) is 5.32 Å². The lowest BCUT2D eigenvalue weighted by molar-refractivity contribution is -0.385. The third-order valence-electron chi connectivity index (χ3n) is 2.35. The first-order valence-corrected chi connectivity index (χ1v) is 6.06. The Balaban J connectivity index is 2.39. The van der Waals surface area contributed by atoms with Crippen LogP contribution in [0.4, 0.5) is 11.5 Å². The molecular formula is C13H14N4O3. The van der Waals surface area contributed by atoms with Gasteiger partial charge in [-0.15, -0.1) is 0 Å². The second-order valence-electron chi connectivity index (χ2n) is 4.35. The summed E-state index contributed by atoms with van der Waals surface area (Å²) >= 11 is 0. The molecule has 20 heavy (non-hydrogen) atoms. The van der Waals surface area contributed by atoms with Crippen LogP contribution in [-0.2, 0) is 0 Å². The SMILES string of the molecule is CC(C)Nc1ncnc(Oc2ccccc2)c1[N+](=O)[O-]. The van der Waals surface area contributed by atoms with Crippen molar-refractivity contribution in [3.8, 4) is 11.6 Å². The maximum absolute atomic E-state index is 11.2. The minimum absolute atomic E-state index is 0.00757. The van der Waals surface area contributed by atoms with Gasteiger partial charge in [-0.3, -0.25) is 10.1 Å². The van der Waals surface area contributed by atoms with E-state index in [1.165, 1.54) is 6.33 Å². The van der Waals surface area contributed by atoms with Crippen LogP contribution in [0.3, 0.4) is 0 Å². The van der Waals surface area contributed by atoms with Crippen LogP contribution in [0.1, 0.15) is 13.8 Å². The number of nitrogens with one attached hydrogen (secondary N) is 1. The summed E-state index contributed by atoms with van der Waals surface area (Å²) in [6.45, 7) is 3.73. The van der Waals surface area contributed by atoms with Crippen molar-refractivity contribution in [2.45, 2.75) is 19.9 Å². The van der Waals surface area contributed by atoms with Crippen molar-refractivity contribution in [3.63, 3.8) is 0 Å². The predicted molar refractivity (Wildman–Crippen MR) is 74.0 cm³/mol. The fourth-order valence-corrected chi connectivity index (χ4v) is 1.58. The van der Waals surface area contributed by atoms with Crippen molar-refractivity contribution in [3.05, 3.63) is 46.8 Å².